The number of rotatable bonds is 6. The van der Waals surface area contributed by atoms with E-state index in [4.69, 9.17) is 0 Å². The zero-order valence-electron chi connectivity index (χ0n) is 12.1. The first-order valence-corrected chi connectivity index (χ1v) is 6.34. The molecule has 0 atom stereocenters. The summed E-state index contributed by atoms with van der Waals surface area (Å²) < 4.78 is 39.1. The molecule has 1 aromatic carbocycles. The molecule has 0 saturated carbocycles. The number of nitrogens with zero attached hydrogens (tertiary/aromatic N) is 3. The highest BCUT2D eigenvalue weighted by molar-refractivity contribution is 5.58. The molecule has 0 spiro atoms. The summed E-state index contributed by atoms with van der Waals surface area (Å²) in [7, 11) is 5.31. The molecule has 0 N–H and O–H groups in total. The molecule has 21 heavy (non-hydrogen) atoms. The molecule has 118 valence electrons. The molecule has 1 aromatic rings. The van der Waals surface area contributed by atoms with Gasteiger partial charge in [0.05, 0.1) is 10.5 Å². The fraction of sp³-hybridized carbons (Fsp3) is 0.538. The van der Waals surface area contributed by atoms with Crippen LogP contribution in [0.5, 0.6) is 0 Å². The van der Waals surface area contributed by atoms with Crippen molar-refractivity contribution in [2.75, 3.05) is 39.1 Å². The van der Waals surface area contributed by atoms with Gasteiger partial charge in [-0.2, -0.15) is 13.2 Å². The Balaban J connectivity index is 3.02. The standard InChI is InChI=1S/C13H18F3N3O2/c1-17(2)7-4-8-18(3)12-6-5-10(19(20)21)9-11(12)13(14,15)16/h5-6,9H,4,7-8H2,1-3H3. The predicted octanol–water partition coefficient (Wildman–Crippen LogP) is 3.00. The lowest BCUT2D eigenvalue weighted by atomic mass is 10.1. The zero-order chi connectivity index (χ0) is 16.2. The van der Waals surface area contributed by atoms with Gasteiger partial charge in [0.25, 0.3) is 5.69 Å². The van der Waals surface area contributed by atoms with Crippen LogP contribution < -0.4 is 4.90 Å². The van der Waals surface area contributed by atoms with Gasteiger partial charge < -0.3 is 9.80 Å². The summed E-state index contributed by atoms with van der Waals surface area (Å²) in [6.07, 6.45) is -3.94. The quantitative estimate of drug-likeness (QED) is 0.599. The van der Waals surface area contributed by atoms with Crippen molar-refractivity contribution in [1.29, 1.82) is 0 Å². The van der Waals surface area contributed by atoms with Gasteiger partial charge in [-0.15, -0.1) is 0 Å². The number of nitro benzene ring substituents is 1. The molecule has 5 nitrogen and oxygen atoms in total. The highest BCUT2D eigenvalue weighted by Crippen LogP contribution is 2.38. The SMILES string of the molecule is CN(C)CCCN(C)c1ccc([N+](=O)[O-])cc1C(F)(F)F. The van der Waals surface area contributed by atoms with Gasteiger partial charge in [0.1, 0.15) is 0 Å². The van der Waals surface area contributed by atoms with E-state index in [9.17, 15) is 23.3 Å². The summed E-state index contributed by atoms with van der Waals surface area (Å²) in [4.78, 5) is 13.2. The molecule has 0 amide bonds. The van der Waals surface area contributed by atoms with Gasteiger partial charge in [-0.1, -0.05) is 0 Å². The minimum Gasteiger partial charge on any atom is -0.374 e. The van der Waals surface area contributed by atoms with E-state index in [-0.39, 0.29) is 5.69 Å². The molecule has 0 aliphatic heterocycles. The lowest BCUT2D eigenvalue weighted by Crippen LogP contribution is -2.25. The summed E-state index contributed by atoms with van der Waals surface area (Å²) >= 11 is 0. The smallest absolute Gasteiger partial charge is 0.374 e. The summed E-state index contributed by atoms with van der Waals surface area (Å²) in [5.41, 5.74) is -1.59. The van der Waals surface area contributed by atoms with Crippen molar-refractivity contribution < 1.29 is 18.1 Å². The van der Waals surface area contributed by atoms with Crippen molar-refractivity contribution in [2.45, 2.75) is 12.6 Å². The topological polar surface area (TPSA) is 49.6 Å². The largest absolute Gasteiger partial charge is 0.418 e. The van der Waals surface area contributed by atoms with Gasteiger partial charge in [0.15, 0.2) is 0 Å². The molecule has 0 fully saturated rings. The van der Waals surface area contributed by atoms with Crippen LogP contribution in [0.4, 0.5) is 24.5 Å². The molecule has 1 rings (SSSR count). The maximum atomic E-state index is 13.0. The van der Waals surface area contributed by atoms with Crippen LogP contribution in [-0.2, 0) is 6.18 Å². The maximum Gasteiger partial charge on any atom is 0.418 e. The number of non-ortho nitro benzene ring substituents is 1. The van der Waals surface area contributed by atoms with E-state index < -0.39 is 22.4 Å². The maximum absolute atomic E-state index is 13.0. The van der Waals surface area contributed by atoms with Gasteiger partial charge in [0, 0.05) is 31.4 Å². The van der Waals surface area contributed by atoms with Crippen molar-refractivity contribution in [3.05, 3.63) is 33.9 Å². The Bertz CT molecular complexity index is 504. The molecule has 0 unspecified atom stereocenters. The lowest BCUT2D eigenvalue weighted by Gasteiger charge is -2.24. The Kier molecular flexibility index (Phi) is 5.54. The molecule has 8 heteroatoms. The average molecular weight is 305 g/mol. The van der Waals surface area contributed by atoms with E-state index in [0.29, 0.717) is 19.0 Å². The van der Waals surface area contributed by atoms with E-state index in [1.165, 1.54) is 4.90 Å². The molecule has 0 bridgehead atoms. The molecular formula is C13H18F3N3O2. The van der Waals surface area contributed by atoms with E-state index in [0.717, 1.165) is 18.7 Å². The van der Waals surface area contributed by atoms with Crippen LogP contribution in [0.25, 0.3) is 0 Å². The van der Waals surface area contributed by atoms with E-state index in [2.05, 4.69) is 0 Å². The fourth-order valence-electron chi connectivity index (χ4n) is 1.94. The first-order chi connectivity index (χ1) is 9.62. The van der Waals surface area contributed by atoms with Gasteiger partial charge in [0.2, 0.25) is 0 Å². The van der Waals surface area contributed by atoms with E-state index in [1.807, 2.05) is 19.0 Å². The highest BCUT2D eigenvalue weighted by atomic mass is 19.4. The average Bonchev–Trinajstić information content (AvgIpc) is 2.36. The summed E-state index contributed by atoms with van der Waals surface area (Å²) in [6, 6.07) is 2.82. The summed E-state index contributed by atoms with van der Waals surface area (Å²) in [5, 5.41) is 10.6. The Labute approximate surface area is 121 Å². The van der Waals surface area contributed by atoms with Crippen LogP contribution in [-0.4, -0.2) is 44.1 Å². The van der Waals surface area contributed by atoms with Crippen molar-refractivity contribution in [1.82, 2.24) is 4.90 Å². The monoisotopic (exact) mass is 305 g/mol. The van der Waals surface area contributed by atoms with Crippen LogP contribution in [0.2, 0.25) is 0 Å². The van der Waals surface area contributed by atoms with Crippen LogP contribution in [0, 0.1) is 10.1 Å². The Hall–Kier alpha value is -1.83. The molecule has 0 heterocycles. The molecular weight excluding hydrogens is 287 g/mol. The van der Waals surface area contributed by atoms with Crippen LogP contribution in [0.1, 0.15) is 12.0 Å². The Morgan fingerprint density at radius 1 is 1.19 bits per heavy atom. The third kappa shape index (κ3) is 4.89. The van der Waals surface area contributed by atoms with Gasteiger partial charge in [-0.05, 0) is 33.1 Å². The Morgan fingerprint density at radius 3 is 2.29 bits per heavy atom. The second-order valence-electron chi connectivity index (χ2n) is 5.03. The number of nitro groups is 1. The highest BCUT2D eigenvalue weighted by Gasteiger charge is 2.36. The minimum absolute atomic E-state index is 0.0492. The first-order valence-electron chi connectivity index (χ1n) is 6.34. The molecule has 0 radical (unpaired) electrons. The second-order valence-corrected chi connectivity index (χ2v) is 5.03. The van der Waals surface area contributed by atoms with Crippen LogP contribution in [0.3, 0.4) is 0 Å². The summed E-state index contributed by atoms with van der Waals surface area (Å²) in [5.74, 6) is 0. The van der Waals surface area contributed by atoms with E-state index in [1.54, 1.807) is 7.05 Å². The third-order valence-electron chi connectivity index (χ3n) is 3.01. The number of hydrogen-bond donors (Lipinski definition) is 0. The van der Waals surface area contributed by atoms with Crippen LogP contribution >= 0.6 is 0 Å². The summed E-state index contributed by atoms with van der Waals surface area (Å²) in [6.45, 7) is 1.18. The van der Waals surface area contributed by atoms with Crippen LogP contribution in [0.15, 0.2) is 18.2 Å². The van der Waals surface area contributed by atoms with Gasteiger partial charge in [-0.25, -0.2) is 0 Å². The third-order valence-corrected chi connectivity index (χ3v) is 3.01. The number of alkyl halides is 3. The van der Waals surface area contributed by atoms with Crippen molar-refractivity contribution in [2.24, 2.45) is 0 Å². The number of anilines is 1. The van der Waals surface area contributed by atoms with Crippen molar-refractivity contribution in [3.63, 3.8) is 0 Å². The predicted molar refractivity (Wildman–Crippen MR) is 74.5 cm³/mol. The van der Waals surface area contributed by atoms with Crippen molar-refractivity contribution in [3.8, 4) is 0 Å². The zero-order valence-corrected chi connectivity index (χ0v) is 12.1. The number of halogens is 3. The molecule has 0 saturated heterocycles. The van der Waals surface area contributed by atoms with E-state index >= 15 is 0 Å². The molecule has 0 aromatic heterocycles. The lowest BCUT2D eigenvalue weighted by molar-refractivity contribution is -0.385. The van der Waals surface area contributed by atoms with Gasteiger partial charge >= 0.3 is 6.18 Å². The minimum atomic E-state index is -4.63. The number of benzene rings is 1. The van der Waals surface area contributed by atoms with Crippen molar-refractivity contribution >= 4 is 11.4 Å². The Morgan fingerprint density at radius 2 is 1.81 bits per heavy atom. The number of hydrogen-bond acceptors (Lipinski definition) is 4. The fourth-order valence-corrected chi connectivity index (χ4v) is 1.94. The van der Waals surface area contributed by atoms with Gasteiger partial charge in [-0.3, -0.25) is 10.1 Å². The second kappa shape index (κ2) is 6.75. The molecule has 0 aliphatic carbocycles. The normalized spacial score (nSPS) is 11.8. The molecule has 0 aliphatic rings. The first kappa shape index (κ1) is 17.2.